The predicted octanol–water partition coefficient (Wildman–Crippen LogP) is 4.16. The number of rotatable bonds is 6. The van der Waals surface area contributed by atoms with Gasteiger partial charge >= 0.3 is 0 Å². The molecule has 1 aliphatic carbocycles. The highest BCUT2D eigenvalue weighted by molar-refractivity contribution is 6.29. The monoisotopic (exact) mass is 421 g/mol. The third kappa shape index (κ3) is 4.26. The largest absolute Gasteiger partial charge is 0.471 e. The Bertz CT molecular complexity index is 1180. The number of amides is 1. The third-order valence-corrected chi connectivity index (χ3v) is 5.12. The summed E-state index contributed by atoms with van der Waals surface area (Å²) in [7, 11) is 0. The minimum absolute atomic E-state index is 0.190. The van der Waals surface area contributed by atoms with Crippen LogP contribution in [0.5, 0.6) is 5.88 Å². The SMILES string of the molecule is CC1CC(Cl)=CC=C1Nc1nnc(OCc2ccnc(C(N)=O)c2)c2ccccc12. The molecule has 0 fully saturated rings. The van der Waals surface area contributed by atoms with Crippen molar-refractivity contribution < 1.29 is 9.53 Å². The summed E-state index contributed by atoms with van der Waals surface area (Å²) in [6.45, 7) is 2.32. The number of benzene rings is 1. The lowest BCUT2D eigenvalue weighted by Gasteiger charge is -2.21. The van der Waals surface area contributed by atoms with Gasteiger partial charge in [-0.1, -0.05) is 36.7 Å². The minimum atomic E-state index is -0.583. The summed E-state index contributed by atoms with van der Waals surface area (Å²) < 4.78 is 5.90. The van der Waals surface area contributed by atoms with E-state index in [-0.39, 0.29) is 18.2 Å². The van der Waals surface area contributed by atoms with Gasteiger partial charge in [0, 0.05) is 33.6 Å². The average molecular weight is 422 g/mol. The van der Waals surface area contributed by atoms with Crippen molar-refractivity contribution in [3.63, 3.8) is 0 Å². The van der Waals surface area contributed by atoms with Crippen molar-refractivity contribution in [2.45, 2.75) is 20.0 Å². The zero-order valence-corrected chi connectivity index (χ0v) is 17.1. The molecule has 30 heavy (non-hydrogen) atoms. The second kappa shape index (κ2) is 8.51. The number of nitrogens with zero attached hydrogens (tertiary/aromatic N) is 3. The van der Waals surface area contributed by atoms with Crippen molar-refractivity contribution in [2.75, 3.05) is 5.32 Å². The van der Waals surface area contributed by atoms with E-state index >= 15 is 0 Å². The number of pyridine rings is 1. The second-order valence-electron chi connectivity index (χ2n) is 7.07. The van der Waals surface area contributed by atoms with Crippen molar-refractivity contribution in [3.05, 3.63) is 76.7 Å². The maximum absolute atomic E-state index is 11.3. The average Bonchev–Trinajstić information content (AvgIpc) is 2.75. The molecule has 1 atom stereocenters. The molecule has 2 heterocycles. The highest BCUT2D eigenvalue weighted by Crippen LogP contribution is 2.32. The number of carbonyl (C=O) groups excluding carboxylic acids is 1. The number of allylic oxidation sites excluding steroid dienone is 4. The van der Waals surface area contributed by atoms with E-state index in [0.29, 0.717) is 11.7 Å². The Balaban J connectivity index is 1.60. The van der Waals surface area contributed by atoms with E-state index in [4.69, 9.17) is 22.1 Å². The van der Waals surface area contributed by atoms with Gasteiger partial charge in [-0.25, -0.2) is 0 Å². The molecule has 1 aliphatic rings. The summed E-state index contributed by atoms with van der Waals surface area (Å²) in [5, 5.41) is 14.6. The van der Waals surface area contributed by atoms with Crippen LogP contribution < -0.4 is 15.8 Å². The molecular formula is C22H20ClN5O2. The summed E-state index contributed by atoms with van der Waals surface area (Å²) >= 11 is 6.12. The van der Waals surface area contributed by atoms with E-state index in [9.17, 15) is 4.79 Å². The van der Waals surface area contributed by atoms with Gasteiger partial charge in [0.25, 0.3) is 5.91 Å². The lowest BCUT2D eigenvalue weighted by molar-refractivity contribution is 0.0995. The van der Waals surface area contributed by atoms with Gasteiger partial charge in [0.05, 0.1) is 0 Å². The van der Waals surface area contributed by atoms with Gasteiger partial charge in [0.2, 0.25) is 5.88 Å². The summed E-state index contributed by atoms with van der Waals surface area (Å²) in [5.41, 5.74) is 7.27. The Hall–Kier alpha value is -3.45. The van der Waals surface area contributed by atoms with Crippen molar-refractivity contribution in [1.82, 2.24) is 15.2 Å². The van der Waals surface area contributed by atoms with Crippen LogP contribution in [0.4, 0.5) is 5.82 Å². The van der Waals surface area contributed by atoms with E-state index in [1.165, 1.54) is 6.20 Å². The molecule has 1 unspecified atom stereocenters. The Labute approximate surface area is 178 Å². The van der Waals surface area contributed by atoms with Gasteiger partial charge in [-0.2, -0.15) is 0 Å². The Morgan fingerprint density at radius 1 is 1.23 bits per heavy atom. The first-order valence-corrected chi connectivity index (χ1v) is 9.85. The van der Waals surface area contributed by atoms with E-state index in [1.54, 1.807) is 12.1 Å². The van der Waals surface area contributed by atoms with Crippen LogP contribution in [0.3, 0.4) is 0 Å². The van der Waals surface area contributed by atoms with Gasteiger partial charge < -0.3 is 15.8 Å². The topological polar surface area (TPSA) is 103 Å². The number of primary amides is 1. The number of halogens is 1. The van der Waals surface area contributed by atoms with Crippen molar-refractivity contribution >= 4 is 34.1 Å². The molecule has 1 aromatic carbocycles. The van der Waals surface area contributed by atoms with Crippen LogP contribution >= 0.6 is 11.6 Å². The van der Waals surface area contributed by atoms with E-state index in [1.807, 2.05) is 36.4 Å². The molecule has 0 bridgehead atoms. The molecule has 8 heteroatoms. The molecule has 4 rings (SSSR count). The fourth-order valence-electron chi connectivity index (χ4n) is 3.25. The molecule has 3 N–H and O–H groups in total. The summed E-state index contributed by atoms with van der Waals surface area (Å²) in [6, 6.07) is 11.1. The lowest BCUT2D eigenvalue weighted by Crippen LogP contribution is -2.14. The van der Waals surface area contributed by atoms with E-state index < -0.39 is 5.91 Å². The molecular weight excluding hydrogens is 402 g/mol. The number of ether oxygens (including phenoxy) is 1. The summed E-state index contributed by atoms with van der Waals surface area (Å²) in [6.07, 6.45) is 6.17. The fourth-order valence-corrected chi connectivity index (χ4v) is 3.54. The standard InChI is InChI=1S/C22H20ClN5O2/c1-13-10-15(23)6-7-18(13)26-21-16-4-2-3-5-17(16)22(28-27-21)30-12-14-8-9-25-19(11-14)20(24)29/h2-9,11,13H,10,12H2,1H3,(H2,24,29)(H,26,27). The lowest BCUT2D eigenvalue weighted by atomic mass is 9.98. The molecule has 0 aliphatic heterocycles. The van der Waals surface area contributed by atoms with Gasteiger partial charge in [-0.3, -0.25) is 9.78 Å². The van der Waals surface area contributed by atoms with Gasteiger partial charge in [0.1, 0.15) is 12.3 Å². The Kier molecular flexibility index (Phi) is 5.63. The number of fused-ring (bicyclic) bond motifs is 1. The first kappa shape index (κ1) is 19.8. The Morgan fingerprint density at radius 2 is 2.03 bits per heavy atom. The molecule has 1 amide bonds. The number of carbonyl (C=O) groups is 1. The van der Waals surface area contributed by atoms with Crippen molar-refractivity contribution in [2.24, 2.45) is 11.7 Å². The number of nitrogens with one attached hydrogen (secondary N) is 1. The van der Waals surface area contributed by atoms with Crippen LogP contribution in [-0.2, 0) is 6.61 Å². The van der Waals surface area contributed by atoms with Crippen molar-refractivity contribution in [3.8, 4) is 5.88 Å². The minimum Gasteiger partial charge on any atom is -0.471 e. The van der Waals surface area contributed by atoms with E-state index in [2.05, 4.69) is 27.4 Å². The molecule has 0 saturated carbocycles. The maximum atomic E-state index is 11.3. The number of anilines is 1. The van der Waals surface area contributed by atoms with Gasteiger partial charge in [-0.15, -0.1) is 10.2 Å². The van der Waals surface area contributed by atoms with Crippen LogP contribution in [0.1, 0.15) is 29.4 Å². The predicted molar refractivity (Wildman–Crippen MR) is 116 cm³/mol. The first-order valence-electron chi connectivity index (χ1n) is 9.47. The second-order valence-corrected chi connectivity index (χ2v) is 7.55. The molecule has 0 spiro atoms. The molecule has 0 radical (unpaired) electrons. The quantitative estimate of drug-likeness (QED) is 0.619. The number of hydrogen-bond acceptors (Lipinski definition) is 6. The van der Waals surface area contributed by atoms with Gasteiger partial charge in [-0.05, 0) is 42.3 Å². The van der Waals surface area contributed by atoms with Crippen LogP contribution in [0, 0.1) is 5.92 Å². The molecule has 152 valence electrons. The number of nitrogens with two attached hydrogens (primary N) is 1. The highest BCUT2D eigenvalue weighted by atomic mass is 35.5. The third-order valence-electron chi connectivity index (χ3n) is 4.84. The zero-order chi connectivity index (χ0) is 21.1. The maximum Gasteiger partial charge on any atom is 0.267 e. The number of hydrogen-bond donors (Lipinski definition) is 2. The molecule has 2 aromatic heterocycles. The van der Waals surface area contributed by atoms with Crippen molar-refractivity contribution in [1.29, 1.82) is 0 Å². The van der Waals surface area contributed by atoms with Gasteiger partial charge in [0.15, 0.2) is 5.82 Å². The smallest absolute Gasteiger partial charge is 0.267 e. The molecule has 3 aromatic rings. The molecule has 7 nitrogen and oxygen atoms in total. The highest BCUT2D eigenvalue weighted by Gasteiger charge is 2.17. The van der Waals surface area contributed by atoms with Crippen LogP contribution in [0.15, 0.2) is 65.5 Å². The van der Waals surface area contributed by atoms with Crippen LogP contribution in [-0.4, -0.2) is 21.1 Å². The first-order chi connectivity index (χ1) is 14.5. The fraction of sp³-hybridized carbons (Fsp3) is 0.182. The van der Waals surface area contributed by atoms with Crippen LogP contribution in [0.25, 0.3) is 10.8 Å². The van der Waals surface area contributed by atoms with E-state index in [0.717, 1.165) is 33.5 Å². The molecule has 0 saturated heterocycles. The zero-order valence-electron chi connectivity index (χ0n) is 16.3. The van der Waals surface area contributed by atoms with Crippen LogP contribution in [0.2, 0.25) is 0 Å². The summed E-state index contributed by atoms with van der Waals surface area (Å²) in [4.78, 5) is 15.3. The number of aromatic nitrogens is 3. The summed E-state index contributed by atoms with van der Waals surface area (Å²) in [5.74, 6) is 0.731. The normalized spacial score (nSPS) is 16.0. The Morgan fingerprint density at radius 3 is 2.80 bits per heavy atom.